The quantitative estimate of drug-likeness (QED) is 0.166. The highest BCUT2D eigenvalue weighted by atomic mass is 32.2. The number of nitro benzene ring substituents is 1. The number of aromatic nitrogens is 2. The molecule has 0 aliphatic carbocycles. The largest absolute Gasteiger partial charge is 0.487 e. The van der Waals surface area contributed by atoms with Gasteiger partial charge in [0.05, 0.1) is 34.2 Å². The van der Waals surface area contributed by atoms with E-state index in [1.54, 1.807) is 29.3 Å². The second-order valence-electron chi connectivity index (χ2n) is 10.3. The van der Waals surface area contributed by atoms with E-state index in [9.17, 15) is 32.1 Å². The Labute approximate surface area is 251 Å². The summed E-state index contributed by atoms with van der Waals surface area (Å²) in [5, 5.41) is 12.6. The van der Waals surface area contributed by atoms with E-state index in [-0.39, 0.29) is 29.6 Å². The Bertz CT molecular complexity index is 1760. The average molecular weight is 630 g/mol. The summed E-state index contributed by atoms with van der Waals surface area (Å²) in [6.07, 6.45) is 4.34. The first-order valence-electron chi connectivity index (χ1n) is 13.7. The van der Waals surface area contributed by atoms with Crippen LogP contribution in [-0.4, -0.2) is 73.2 Å². The van der Waals surface area contributed by atoms with Crippen molar-refractivity contribution in [3.63, 3.8) is 0 Å². The molecule has 0 bridgehead atoms. The van der Waals surface area contributed by atoms with Gasteiger partial charge in [-0.2, -0.15) is 0 Å². The lowest BCUT2D eigenvalue weighted by molar-refractivity contribution is -0.386. The minimum Gasteiger partial charge on any atom is -0.487 e. The Morgan fingerprint density at radius 2 is 1.86 bits per heavy atom. The van der Waals surface area contributed by atoms with Crippen LogP contribution >= 0.6 is 0 Å². The van der Waals surface area contributed by atoms with Crippen LogP contribution in [-0.2, 0) is 10.0 Å². The van der Waals surface area contributed by atoms with Crippen molar-refractivity contribution < 1.29 is 36.4 Å². The fraction of sp³-hybridized carbons (Fsp3) is 0.310. The highest BCUT2D eigenvalue weighted by molar-refractivity contribution is 7.90. The molecule has 3 heterocycles. The van der Waals surface area contributed by atoms with Crippen molar-refractivity contribution in [3.05, 3.63) is 82.7 Å². The minimum absolute atomic E-state index is 0.00331. The Hall–Kier alpha value is -4.63. The Balaban J connectivity index is 1.26. The molecule has 0 unspecified atom stereocenters. The van der Waals surface area contributed by atoms with Gasteiger partial charge in [-0.05, 0) is 68.2 Å². The van der Waals surface area contributed by atoms with E-state index in [0.29, 0.717) is 37.3 Å². The normalized spacial score (nSPS) is 14.5. The average Bonchev–Trinajstić information content (AvgIpc) is 3.49. The maximum absolute atomic E-state index is 13.1. The SMILES string of the molecule is O=C(NS(=O)(=O)c1ccc(OCC2CCN(C(CF)CF)CC2)c([N+](=O)[O-])c1)c1ccccc1Oc1cnc2[nH]ccc2c1. The van der Waals surface area contributed by atoms with Gasteiger partial charge in [0.2, 0.25) is 0 Å². The number of hydrogen-bond acceptors (Lipinski definition) is 9. The Morgan fingerprint density at radius 3 is 2.59 bits per heavy atom. The van der Waals surface area contributed by atoms with E-state index < -0.39 is 50.8 Å². The molecule has 1 amide bonds. The van der Waals surface area contributed by atoms with Crippen molar-refractivity contribution >= 4 is 32.7 Å². The number of para-hydroxylation sites is 1. The van der Waals surface area contributed by atoms with Crippen LogP contribution in [0.3, 0.4) is 0 Å². The van der Waals surface area contributed by atoms with E-state index >= 15 is 0 Å². The molecule has 12 nitrogen and oxygen atoms in total. The number of amides is 1. The third-order valence-corrected chi connectivity index (χ3v) is 8.72. The summed E-state index contributed by atoms with van der Waals surface area (Å²) in [7, 11) is -4.54. The lowest BCUT2D eigenvalue weighted by Crippen LogP contribution is -2.44. The number of rotatable bonds is 12. The zero-order chi connectivity index (χ0) is 31.3. The van der Waals surface area contributed by atoms with E-state index in [1.807, 2.05) is 4.72 Å². The number of aromatic amines is 1. The zero-order valence-electron chi connectivity index (χ0n) is 23.3. The molecule has 0 atom stereocenters. The Morgan fingerprint density at radius 1 is 1.11 bits per heavy atom. The van der Waals surface area contributed by atoms with Crippen molar-refractivity contribution in [1.29, 1.82) is 0 Å². The van der Waals surface area contributed by atoms with E-state index in [4.69, 9.17) is 9.47 Å². The predicted octanol–water partition coefficient (Wildman–Crippen LogP) is 4.78. The number of carbonyl (C=O) groups excluding carboxylic acids is 1. The maximum Gasteiger partial charge on any atom is 0.312 e. The summed E-state index contributed by atoms with van der Waals surface area (Å²) in [4.78, 5) is 32.5. The first kappa shape index (κ1) is 30.8. The number of sulfonamides is 1. The fourth-order valence-electron chi connectivity index (χ4n) is 4.94. The number of piperidine rings is 1. The Kier molecular flexibility index (Phi) is 9.35. The van der Waals surface area contributed by atoms with Gasteiger partial charge in [0.15, 0.2) is 5.75 Å². The molecule has 2 N–H and O–H groups in total. The van der Waals surface area contributed by atoms with Crippen LogP contribution in [0.1, 0.15) is 23.2 Å². The summed E-state index contributed by atoms with van der Waals surface area (Å²) in [5.74, 6) is -0.757. The number of alkyl halides is 2. The topological polar surface area (TPSA) is 157 Å². The summed E-state index contributed by atoms with van der Waals surface area (Å²) >= 11 is 0. The standard InChI is InChI=1S/C29H29F2N5O7S/c30-15-21(16-31)35-11-8-19(9-12-35)18-42-27-6-5-23(14-25(27)36(38)39)44(40,41)34-29(37)24-3-1-2-4-26(24)43-22-13-20-7-10-32-28(20)33-17-22/h1-7,10,13-14,17,19,21H,8-9,11-12,15-16,18H2,(H,32,33)(H,34,37). The van der Waals surface area contributed by atoms with Gasteiger partial charge in [-0.3, -0.25) is 19.8 Å². The molecule has 15 heteroatoms. The molecule has 44 heavy (non-hydrogen) atoms. The molecule has 1 aliphatic heterocycles. The van der Waals surface area contributed by atoms with E-state index in [1.165, 1.54) is 24.4 Å². The monoisotopic (exact) mass is 629 g/mol. The van der Waals surface area contributed by atoms with Gasteiger partial charge in [0.1, 0.15) is 30.5 Å². The number of H-pyrrole nitrogens is 1. The first-order chi connectivity index (χ1) is 21.2. The number of halogens is 2. The maximum atomic E-state index is 13.1. The number of likely N-dealkylation sites (tertiary alicyclic amines) is 1. The van der Waals surface area contributed by atoms with Crippen LogP contribution in [0.15, 0.2) is 71.9 Å². The molecular formula is C29H29F2N5O7S. The lowest BCUT2D eigenvalue weighted by Gasteiger charge is -2.35. The third-order valence-electron chi connectivity index (χ3n) is 7.40. The molecule has 4 aromatic rings. The van der Waals surface area contributed by atoms with E-state index in [2.05, 4.69) is 9.97 Å². The lowest BCUT2D eigenvalue weighted by atomic mass is 9.97. The van der Waals surface area contributed by atoms with Gasteiger partial charge in [0, 0.05) is 17.6 Å². The fourth-order valence-corrected chi connectivity index (χ4v) is 5.93. The van der Waals surface area contributed by atoms with Crippen LogP contribution < -0.4 is 14.2 Å². The molecule has 232 valence electrons. The van der Waals surface area contributed by atoms with Crippen LogP contribution in [0, 0.1) is 16.0 Å². The zero-order valence-corrected chi connectivity index (χ0v) is 24.1. The minimum atomic E-state index is -4.54. The second kappa shape index (κ2) is 13.3. The number of benzene rings is 2. The first-order valence-corrected chi connectivity index (χ1v) is 15.2. The molecule has 0 saturated carbocycles. The molecule has 1 fully saturated rings. The van der Waals surface area contributed by atoms with Crippen LogP contribution in [0.4, 0.5) is 14.5 Å². The van der Waals surface area contributed by atoms with Gasteiger partial charge in [-0.25, -0.2) is 26.9 Å². The molecule has 2 aromatic heterocycles. The van der Waals surface area contributed by atoms with Gasteiger partial charge < -0.3 is 14.5 Å². The van der Waals surface area contributed by atoms with Crippen molar-refractivity contribution in [2.75, 3.05) is 33.0 Å². The molecule has 0 spiro atoms. The predicted molar refractivity (Wildman–Crippen MR) is 156 cm³/mol. The van der Waals surface area contributed by atoms with Crippen LogP contribution in [0.25, 0.3) is 11.0 Å². The van der Waals surface area contributed by atoms with Gasteiger partial charge >= 0.3 is 5.69 Å². The summed E-state index contributed by atoms with van der Waals surface area (Å²) in [5.41, 5.74) is -0.0394. The van der Waals surface area contributed by atoms with Crippen molar-refractivity contribution in [2.45, 2.75) is 23.8 Å². The molecule has 2 aromatic carbocycles. The van der Waals surface area contributed by atoms with Gasteiger partial charge in [-0.1, -0.05) is 12.1 Å². The van der Waals surface area contributed by atoms with Crippen LogP contribution in [0.5, 0.6) is 17.2 Å². The molecule has 1 saturated heterocycles. The number of ether oxygens (including phenoxy) is 2. The van der Waals surface area contributed by atoms with Gasteiger partial charge in [0.25, 0.3) is 15.9 Å². The summed E-state index contributed by atoms with van der Waals surface area (Å²) < 4.78 is 65.7. The third kappa shape index (κ3) is 6.94. The van der Waals surface area contributed by atoms with Crippen molar-refractivity contribution in [2.24, 2.45) is 5.92 Å². The molecule has 0 radical (unpaired) electrons. The molecule has 5 rings (SSSR count). The smallest absolute Gasteiger partial charge is 0.312 e. The number of hydrogen-bond donors (Lipinski definition) is 2. The van der Waals surface area contributed by atoms with Crippen LogP contribution in [0.2, 0.25) is 0 Å². The second-order valence-corrected chi connectivity index (χ2v) is 11.9. The highest BCUT2D eigenvalue weighted by Gasteiger charge is 2.28. The number of nitro groups is 1. The number of carbonyl (C=O) groups is 1. The molecular weight excluding hydrogens is 600 g/mol. The number of fused-ring (bicyclic) bond motifs is 1. The summed E-state index contributed by atoms with van der Waals surface area (Å²) in [6, 6.07) is 11.8. The van der Waals surface area contributed by atoms with Crippen molar-refractivity contribution in [3.8, 4) is 17.2 Å². The molecule has 1 aliphatic rings. The van der Waals surface area contributed by atoms with E-state index in [0.717, 1.165) is 23.6 Å². The number of nitrogens with zero attached hydrogens (tertiary/aromatic N) is 3. The number of nitrogens with one attached hydrogen (secondary N) is 2. The number of pyridine rings is 1. The summed E-state index contributed by atoms with van der Waals surface area (Å²) in [6.45, 7) is -0.500. The highest BCUT2D eigenvalue weighted by Crippen LogP contribution is 2.32. The van der Waals surface area contributed by atoms with Gasteiger partial charge in [-0.15, -0.1) is 0 Å². The van der Waals surface area contributed by atoms with Crippen molar-refractivity contribution in [1.82, 2.24) is 19.6 Å².